The minimum atomic E-state index is -2.50. The van der Waals surface area contributed by atoms with Gasteiger partial charge in [0.2, 0.25) is 0 Å². The van der Waals surface area contributed by atoms with E-state index in [4.69, 9.17) is 0 Å². The average molecular weight is 348 g/mol. The lowest BCUT2D eigenvalue weighted by Gasteiger charge is -2.04. The van der Waals surface area contributed by atoms with E-state index in [2.05, 4.69) is 20.9 Å². The first-order chi connectivity index (χ1) is 5.52. The lowest BCUT2D eigenvalue weighted by Crippen LogP contribution is -1.97. The van der Waals surface area contributed by atoms with Crippen LogP contribution in [0.2, 0.25) is 0 Å². The maximum Gasteiger partial charge on any atom is 0.281 e. The quantitative estimate of drug-likeness (QED) is 0.706. The van der Waals surface area contributed by atoms with E-state index in [0.717, 1.165) is 4.47 Å². The normalized spacial score (nSPS) is 10.8. The molecule has 0 unspecified atom stereocenters. The summed E-state index contributed by atoms with van der Waals surface area (Å²) in [6, 6.07) is 1.64. The molecular weight excluding hydrogens is 343 g/mol. The number of nitrogens with zero attached hydrogens (tertiary/aromatic N) is 1. The topological polar surface area (TPSA) is 12.9 Å². The summed E-state index contributed by atoms with van der Waals surface area (Å²) in [6.07, 6.45) is -2.50. The van der Waals surface area contributed by atoms with Crippen LogP contribution in [0.1, 0.15) is 17.8 Å². The molecule has 0 N–H and O–H groups in total. The smallest absolute Gasteiger partial charge is 0.250 e. The first kappa shape index (κ1) is 10.3. The Morgan fingerprint density at radius 2 is 2.17 bits per heavy atom. The van der Waals surface area contributed by atoms with Crippen LogP contribution in [0.5, 0.6) is 0 Å². The predicted molar refractivity (Wildman–Crippen MR) is 54.3 cm³/mol. The minimum absolute atomic E-state index is 0.142. The molecule has 0 aliphatic heterocycles. The van der Waals surface area contributed by atoms with E-state index in [9.17, 15) is 8.78 Å². The molecule has 0 aromatic carbocycles. The molecule has 12 heavy (non-hydrogen) atoms. The van der Waals surface area contributed by atoms with E-state index in [0.29, 0.717) is 9.26 Å². The van der Waals surface area contributed by atoms with Crippen LogP contribution < -0.4 is 0 Å². The van der Waals surface area contributed by atoms with Crippen LogP contribution in [0.3, 0.4) is 0 Å². The monoisotopic (exact) mass is 347 g/mol. The number of hydrogen-bond acceptors (Lipinski definition) is 1. The molecule has 0 radical (unpaired) electrons. The molecule has 1 aromatic rings. The number of pyridine rings is 1. The maximum atomic E-state index is 12.3. The molecule has 1 nitrogen and oxygen atoms in total. The zero-order chi connectivity index (χ0) is 9.30. The summed E-state index contributed by atoms with van der Waals surface area (Å²) in [5.41, 5.74) is 0.446. The van der Waals surface area contributed by atoms with Crippen LogP contribution in [-0.4, -0.2) is 4.98 Å². The average Bonchev–Trinajstić information content (AvgIpc) is 1.96. The van der Waals surface area contributed by atoms with Gasteiger partial charge in [0.1, 0.15) is 5.69 Å². The van der Waals surface area contributed by atoms with Crippen molar-refractivity contribution in [3.63, 3.8) is 0 Å². The summed E-state index contributed by atoms with van der Waals surface area (Å²) in [5.74, 6) is 0. The Morgan fingerprint density at radius 1 is 1.58 bits per heavy atom. The van der Waals surface area contributed by atoms with Crippen molar-refractivity contribution in [2.24, 2.45) is 0 Å². The fourth-order valence-electron chi connectivity index (χ4n) is 0.730. The Morgan fingerprint density at radius 3 is 2.67 bits per heavy atom. The van der Waals surface area contributed by atoms with Gasteiger partial charge in [-0.2, -0.15) is 0 Å². The Kier molecular flexibility index (Phi) is 3.39. The van der Waals surface area contributed by atoms with Crippen molar-refractivity contribution in [2.45, 2.75) is 13.3 Å². The summed E-state index contributed by atoms with van der Waals surface area (Å²) in [6.45, 7) is 1.69. The van der Waals surface area contributed by atoms with Gasteiger partial charge in [0.15, 0.2) is 0 Å². The van der Waals surface area contributed by atoms with Crippen molar-refractivity contribution in [3.8, 4) is 0 Å². The molecule has 0 aliphatic carbocycles. The Labute approximate surface area is 90.8 Å². The highest BCUT2D eigenvalue weighted by molar-refractivity contribution is 14.1. The predicted octanol–water partition coefficient (Wildman–Crippen LogP) is 3.69. The van der Waals surface area contributed by atoms with Gasteiger partial charge in [-0.05, 0) is 51.5 Å². The molecule has 0 saturated heterocycles. The van der Waals surface area contributed by atoms with E-state index in [1.807, 2.05) is 22.6 Å². The Balaban J connectivity index is 3.23. The highest BCUT2D eigenvalue weighted by atomic mass is 127. The van der Waals surface area contributed by atoms with Gasteiger partial charge in [-0.1, -0.05) is 0 Å². The molecule has 0 aliphatic rings. The van der Waals surface area contributed by atoms with E-state index in [1.165, 1.54) is 0 Å². The van der Waals surface area contributed by atoms with Gasteiger partial charge in [-0.3, -0.25) is 0 Å². The van der Waals surface area contributed by atoms with Crippen LogP contribution in [-0.2, 0) is 0 Å². The molecule has 0 fully saturated rings. The number of hydrogen-bond donors (Lipinski definition) is 0. The Hall–Kier alpha value is 0.220. The third-order valence-electron chi connectivity index (χ3n) is 1.34. The van der Waals surface area contributed by atoms with E-state index in [1.54, 1.807) is 13.0 Å². The van der Waals surface area contributed by atoms with Crippen LogP contribution >= 0.6 is 38.5 Å². The van der Waals surface area contributed by atoms with Gasteiger partial charge in [0.05, 0.1) is 5.69 Å². The lowest BCUT2D eigenvalue weighted by molar-refractivity contribution is 0.145. The SMILES string of the molecule is Cc1nc(C(F)F)c(I)cc1Br. The van der Waals surface area contributed by atoms with Crippen LogP contribution in [0.4, 0.5) is 8.78 Å². The molecule has 0 saturated carbocycles. The fraction of sp³-hybridized carbons (Fsp3) is 0.286. The first-order valence-corrected chi connectivity index (χ1v) is 5.00. The second-order valence-electron chi connectivity index (χ2n) is 2.22. The Bertz CT molecular complexity index is 304. The molecule has 1 heterocycles. The second-order valence-corrected chi connectivity index (χ2v) is 4.24. The zero-order valence-corrected chi connectivity index (χ0v) is 9.86. The van der Waals surface area contributed by atoms with Gasteiger partial charge in [-0.25, -0.2) is 13.8 Å². The molecule has 0 bridgehead atoms. The van der Waals surface area contributed by atoms with Gasteiger partial charge in [0.25, 0.3) is 6.43 Å². The van der Waals surface area contributed by atoms with Gasteiger partial charge in [-0.15, -0.1) is 0 Å². The molecule has 0 spiro atoms. The summed E-state index contributed by atoms with van der Waals surface area (Å²) in [4.78, 5) is 3.77. The van der Waals surface area contributed by atoms with E-state index >= 15 is 0 Å². The highest BCUT2D eigenvalue weighted by Crippen LogP contribution is 2.26. The minimum Gasteiger partial charge on any atom is -0.250 e. The van der Waals surface area contributed by atoms with Gasteiger partial charge in [0, 0.05) is 8.04 Å². The largest absolute Gasteiger partial charge is 0.281 e. The van der Waals surface area contributed by atoms with Gasteiger partial charge >= 0.3 is 0 Å². The molecule has 1 aromatic heterocycles. The third kappa shape index (κ3) is 2.12. The number of rotatable bonds is 1. The number of aromatic nitrogens is 1. The first-order valence-electron chi connectivity index (χ1n) is 3.13. The van der Waals surface area contributed by atoms with Crippen molar-refractivity contribution < 1.29 is 8.78 Å². The molecule has 0 atom stereocenters. The second kappa shape index (κ2) is 3.95. The molecule has 66 valence electrons. The van der Waals surface area contributed by atoms with Crippen molar-refractivity contribution in [1.82, 2.24) is 4.98 Å². The number of halogens is 4. The summed E-state index contributed by atoms with van der Waals surface area (Å²) in [5, 5.41) is 0. The van der Waals surface area contributed by atoms with E-state index < -0.39 is 6.43 Å². The van der Waals surface area contributed by atoms with Crippen LogP contribution in [0.15, 0.2) is 10.5 Å². The van der Waals surface area contributed by atoms with Crippen molar-refractivity contribution in [1.29, 1.82) is 0 Å². The van der Waals surface area contributed by atoms with Crippen molar-refractivity contribution in [3.05, 3.63) is 25.5 Å². The fourth-order valence-corrected chi connectivity index (χ4v) is 2.14. The molecular formula is C7H5BrF2IN. The maximum absolute atomic E-state index is 12.3. The van der Waals surface area contributed by atoms with E-state index in [-0.39, 0.29) is 5.69 Å². The van der Waals surface area contributed by atoms with Crippen LogP contribution in [0.25, 0.3) is 0 Å². The molecule has 5 heteroatoms. The summed E-state index contributed by atoms with van der Waals surface area (Å²) < 4.78 is 25.8. The number of alkyl halides is 2. The highest BCUT2D eigenvalue weighted by Gasteiger charge is 2.14. The van der Waals surface area contributed by atoms with Crippen molar-refractivity contribution in [2.75, 3.05) is 0 Å². The van der Waals surface area contributed by atoms with Crippen LogP contribution in [0, 0.1) is 10.5 Å². The lowest BCUT2D eigenvalue weighted by atomic mass is 10.3. The standard InChI is InChI=1S/C7H5BrF2IN/c1-3-4(8)2-5(11)6(12-3)7(9)10/h2,7H,1H3. The zero-order valence-electron chi connectivity index (χ0n) is 6.11. The molecule has 1 rings (SSSR count). The molecule has 0 amide bonds. The summed E-state index contributed by atoms with van der Waals surface area (Å²) in [7, 11) is 0. The van der Waals surface area contributed by atoms with Crippen molar-refractivity contribution >= 4 is 38.5 Å². The van der Waals surface area contributed by atoms with Gasteiger partial charge < -0.3 is 0 Å². The number of aryl methyl sites for hydroxylation is 1. The third-order valence-corrected chi connectivity index (χ3v) is 3.01. The summed E-state index contributed by atoms with van der Waals surface area (Å²) >= 11 is 5.06.